The number of amides is 1. The molecule has 1 amide bonds. The van der Waals surface area contributed by atoms with Crippen LogP contribution in [0.1, 0.15) is 27.9 Å². The normalized spacial score (nSPS) is 12.6. The van der Waals surface area contributed by atoms with Crippen LogP contribution in [0.25, 0.3) is 0 Å². The van der Waals surface area contributed by atoms with E-state index in [-0.39, 0.29) is 17.7 Å². The van der Waals surface area contributed by atoms with E-state index in [1.807, 2.05) is 19.5 Å². The van der Waals surface area contributed by atoms with Gasteiger partial charge in [-0.3, -0.25) is 4.79 Å². The minimum Gasteiger partial charge on any atom is -0.351 e. The molecular weight excluding hydrogens is 262 g/mol. The smallest absolute Gasteiger partial charge is 0.289 e. The van der Waals surface area contributed by atoms with Gasteiger partial charge in [-0.1, -0.05) is 5.16 Å². The fourth-order valence-electron chi connectivity index (χ4n) is 1.81. The van der Waals surface area contributed by atoms with E-state index in [9.17, 15) is 4.79 Å². The summed E-state index contributed by atoms with van der Waals surface area (Å²) in [4.78, 5) is 14.0. The predicted octanol–water partition coefficient (Wildman–Crippen LogP) is 2.08. The molecule has 2 rings (SSSR count). The van der Waals surface area contributed by atoms with Gasteiger partial charge in [0.2, 0.25) is 5.76 Å². The van der Waals surface area contributed by atoms with Gasteiger partial charge in [-0.25, -0.2) is 0 Å². The van der Waals surface area contributed by atoms with Crippen molar-refractivity contribution >= 4 is 17.2 Å². The molecule has 1 N–H and O–H groups in total. The van der Waals surface area contributed by atoms with Crippen molar-refractivity contribution < 1.29 is 9.32 Å². The largest absolute Gasteiger partial charge is 0.351 e. The van der Waals surface area contributed by atoms with E-state index in [4.69, 9.17) is 4.52 Å². The molecule has 0 fully saturated rings. The Balaban J connectivity index is 1.98. The molecule has 2 aromatic heterocycles. The molecule has 0 bridgehead atoms. The summed E-state index contributed by atoms with van der Waals surface area (Å²) in [5.41, 5.74) is 1.90. The zero-order valence-electron chi connectivity index (χ0n) is 11.2. The number of hydrogen-bond acceptors (Lipinski definition) is 5. The first-order chi connectivity index (χ1) is 9.08. The fourth-order valence-corrected chi connectivity index (χ4v) is 2.52. The van der Waals surface area contributed by atoms with Gasteiger partial charge in [0.25, 0.3) is 5.91 Å². The van der Waals surface area contributed by atoms with E-state index < -0.39 is 0 Å². The first-order valence-electron chi connectivity index (χ1n) is 5.98. The number of carbonyl (C=O) groups excluding carboxylic acids is 1. The zero-order chi connectivity index (χ0) is 13.8. The Labute approximate surface area is 116 Å². The molecule has 0 aliphatic rings. The highest BCUT2D eigenvalue weighted by molar-refractivity contribution is 7.07. The second kappa shape index (κ2) is 5.99. The van der Waals surface area contributed by atoms with Gasteiger partial charge in [0.1, 0.15) is 0 Å². The first kappa shape index (κ1) is 13.8. The van der Waals surface area contributed by atoms with Crippen LogP contribution in [-0.4, -0.2) is 36.6 Å². The summed E-state index contributed by atoms with van der Waals surface area (Å²) in [5, 5.41) is 10.7. The Hall–Kier alpha value is -1.66. The summed E-state index contributed by atoms with van der Waals surface area (Å²) in [6.45, 7) is 2.32. The Morgan fingerprint density at radius 1 is 1.58 bits per heavy atom. The van der Waals surface area contributed by atoms with Gasteiger partial charge in [-0.15, -0.1) is 0 Å². The molecule has 0 spiro atoms. The minimum absolute atomic E-state index is 0.152. The second-order valence-corrected chi connectivity index (χ2v) is 5.36. The van der Waals surface area contributed by atoms with Crippen LogP contribution in [0, 0.1) is 6.92 Å². The Morgan fingerprint density at radius 2 is 2.37 bits per heavy atom. The summed E-state index contributed by atoms with van der Waals surface area (Å²) >= 11 is 1.65. The fraction of sp³-hybridized carbons (Fsp3) is 0.385. The monoisotopic (exact) mass is 279 g/mol. The lowest BCUT2D eigenvalue weighted by Crippen LogP contribution is -2.34. The van der Waals surface area contributed by atoms with Crippen LogP contribution < -0.4 is 5.32 Å². The molecule has 0 radical (unpaired) electrons. The highest BCUT2D eigenvalue weighted by atomic mass is 32.1. The van der Waals surface area contributed by atoms with Gasteiger partial charge < -0.3 is 14.7 Å². The standard InChI is InChI=1S/C13H17N3O2S/c1-9-6-12(18-15-9)13(17)14-7-11(16(2)3)10-4-5-19-8-10/h4-6,8,11H,7H2,1-3H3,(H,14,17)/t11-/m1/s1. The predicted molar refractivity (Wildman–Crippen MR) is 74.3 cm³/mol. The second-order valence-electron chi connectivity index (χ2n) is 4.58. The molecule has 0 saturated carbocycles. The lowest BCUT2D eigenvalue weighted by atomic mass is 10.1. The van der Waals surface area contributed by atoms with Gasteiger partial charge in [-0.2, -0.15) is 11.3 Å². The number of aromatic nitrogens is 1. The zero-order valence-corrected chi connectivity index (χ0v) is 12.0. The number of rotatable bonds is 5. The molecule has 19 heavy (non-hydrogen) atoms. The SMILES string of the molecule is Cc1cc(C(=O)NC[C@H](c2ccsc2)N(C)C)on1. The number of carbonyl (C=O) groups is 1. The summed E-state index contributed by atoms with van der Waals surface area (Å²) in [7, 11) is 3.99. The van der Waals surface area contributed by atoms with Gasteiger partial charge in [0, 0.05) is 12.6 Å². The van der Waals surface area contributed by atoms with E-state index in [0.29, 0.717) is 12.2 Å². The lowest BCUT2D eigenvalue weighted by molar-refractivity contribution is 0.0905. The Morgan fingerprint density at radius 3 is 2.89 bits per heavy atom. The number of hydrogen-bond donors (Lipinski definition) is 1. The molecule has 2 heterocycles. The first-order valence-corrected chi connectivity index (χ1v) is 6.92. The van der Waals surface area contributed by atoms with Gasteiger partial charge in [0.05, 0.1) is 11.7 Å². The molecule has 0 aliphatic heterocycles. The van der Waals surface area contributed by atoms with Crippen molar-refractivity contribution in [1.82, 2.24) is 15.4 Å². The van der Waals surface area contributed by atoms with Crippen LogP contribution in [-0.2, 0) is 0 Å². The van der Waals surface area contributed by atoms with Crippen LogP contribution >= 0.6 is 11.3 Å². The van der Waals surface area contributed by atoms with Crippen LogP contribution in [0.2, 0.25) is 0 Å². The molecule has 0 aliphatic carbocycles. The Bertz CT molecular complexity index is 534. The van der Waals surface area contributed by atoms with Crippen molar-refractivity contribution in [3.8, 4) is 0 Å². The molecular formula is C13H17N3O2S. The molecule has 0 saturated heterocycles. The Kier molecular flexibility index (Phi) is 4.34. The number of thiophene rings is 1. The third-order valence-corrected chi connectivity index (χ3v) is 3.56. The van der Waals surface area contributed by atoms with Crippen LogP contribution in [0.4, 0.5) is 0 Å². The summed E-state index contributed by atoms with van der Waals surface area (Å²) in [6.07, 6.45) is 0. The van der Waals surface area contributed by atoms with Crippen molar-refractivity contribution in [3.05, 3.63) is 39.9 Å². The highest BCUT2D eigenvalue weighted by Gasteiger charge is 2.17. The number of nitrogens with one attached hydrogen (secondary N) is 1. The van der Waals surface area contributed by atoms with Crippen molar-refractivity contribution in [2.24, 2.45) is 0 Å². The number of nitrogens with zero attached hydrogens (tertiary/aromatic N) is 2. The van der Waals surface area contributed by atoms with Crippen molar-refractivity contribution in [2.45, 2.75) is 13.0 Å². The lowest BCUT2D eigenvalue weighted by Gasteiger charge is -2.23. The average Bonchev–Trinajstić information content (AvgIpc) is 3.00. The van der Waals surface area contributed by atoms with E-state index in [1.165, 1.54) is 5.56 Å². The number of aryl methyl sites for hydroxylation is 1. The van der Waals surface area contributed by atoms with Crippen LogP contribution in [0.3, 0.4) is 0 Å². The van der Waals surface area contributed by atoms with E-state index in [0.717, 1.165) is 0 Å². The third kappa shape index (κ3) is 3.42. The van der Waals surface area contributed by atoms with Crippen molar-refractivity contribution in [1.29, 1.82) is 0 Å². The van der Waals surface area contributed by atoms with Gasteiger partial charge in [-0.05, 0) is 43.4 Å². The minimum atomic E-state index is -0.234. The summed E-state index contributed by atoms with van der Waals surface area (Å²) < 4.78 is 4.94. The maximum atomic E-state index is 11.9. The van der Waals surface area contributed by atoms with Gasteiger partial charge in [0.15, 0.2) is 0 Å². The molecule has 2 aromatic rings. The number of likely N-dealkylation sites (N-methyl/N-ethyl adjacent to an activating group) is 1. The van der Waals surface area contributed by atoms with Crippen molar-refractivity contribution in [2.75, 3.05) is 20.6 Å². The third-order valence-electron chi connectivity index (χ3n) is 2.86. The van der Waals surface area contributed by atoms with Crippen LogP contribution in [0.15, 0.2) is 27.4 Å². The maximum Gasteiger partial charge on any atom is 0.289 e. The highest BCUT2D eigenvalue weighted by Crippen LogP contribution is 2.20. The molecule has 6 heteroatoms. The van der Waals surface area contributed by atoms with E-state index >= 15 is 0 Å². The van der Waals surface area contributed by atoms with Crippen molar-refractivity contribution in [3.63, 3.8) is 0 Å². The molecule has 1 atom stereocenters. The van der Waals surface area contributed by atoms with E-state index in [1.54, 1.807) is 24.3 Å². The summed E-state index contributed by atoms with van der Waals surface area (Å²) in [5.74, 6) is 0.0167. The molecule has 5 nitrogen and oxygen atoms in total. The molecule has 0 aromatic carbocycles. The quantitative estimate of drug-likeness (QED) is 0.910. The van der Waals surface area contributed by atoms with Gasteiger partial charge >= 0.3 is 0 Å². The topological polar surface area (TPSA) is 58.4 Å². The van der Waals surface area contributed by atoms with Crippen LogP contribution in [0.5, 0.6) is 0 Å². The molecule has 102 valence electrons. The average molecular weight is 279 g/mol. The van der Waals surface area contributed by atoms with E-state index in [2.05, 4.69) is 26.8 Å². The maximum absolute atomic E-state index is 11.9. The molecule has 0 unspecified atom stereocenters. The summed E-state index contributed by atoms with van der Waals surface area (Å²) in [6, 6.07) is 3.85.